The molecule has 82 valence electrons. The first-order valence-corrected chi connectivity index (χ1v) is 5.08. The number of nitrogens with two attached hydrogens (primary N) is 1. The van der Waals surface area contributed by atoms with Crippen LogP contribution in [0.3, 0.4) is 0 Å². The number of hydrogen-bond donors (Lipinski definition) is 2. The normalized spacial score (nSPS) is 11.1. The second-order valence-electron chi connectivity index (χ2n) is 3.21. The molecule has 1 aromatic carbocycles. The van der Waals surface area contributed by atoms with Crippen molar-refractivity contribution >= 4 is 17.0 Å². The van der Waals surface area contributed by atoms with Gasteiger partial charge in [-0.15, -0.1) is 10.2 Å². The fraction of sp³-hybridized carbons (Fsp3) is 0.182. The number of anilines is 1. The second kappa shape index (κ2) is 5.18. The molecule has 2 aromatic rings. The van der Waals surface area contributed by atoms with Gasteiger partial charge in [0.15, 0.2) is 0 Å². The number of para-hydroxylation sites is 1. The van der Waals surface area contributed by atoms with Crippen LogP contribution < -0.4 is 11.1 Å². The summed E-state index contributed by atoms with van der Waals surface area (Å²) in [5.74, 6) is 0.528. The van der Waals surface area contributed by atoms with Gasteiger partial charge in [-0.25, -0.2) is 4.98 Å². The molecule has 0 aliphatic rings. The maximum atomic E-state index is 5.32. The average molecular weight is 215 g/mol. The van der Waals surface area contributed by atoms with Gasteiger partial charge in [0.2, 0.25) is 5.95 Å². The van der Waals surface area contributed by atoms with E-state index in [0.717, 1.165) is 11.0 Å². The molecule has 5 nitrogen and oxygen atoms in total. The minimum atomic E-state index is 0.528. The summed E-state index contributed by atoms with van der Waals surface area (Å²) in [5.41, 5.74) is 6.96. The topological polar surface area (TPSA) is 76.7 Å². The van der Waals surface area contributed by atoms with Crippen LogP contribution in [0, 0.1) is 0 Å². The molecule has 1 heterocycles. The molecular weight excluding hydrogens is 202 g/mol. The van der Waals surface area contributed by atoms with E-state index in [1.807, 2.05) is 36.4 Å². The van der Waals surface area contributed by atoms with Crippen LogP contribution in [-0.2, 0) is 0 Å². The van der Waals surface area contributed by atoms with E-state index in [1.165, 1.54) is 0 Å². The van der Waals surface area contributed by atoms with Crippen LogP contribution in [0.1, 0.15) is 0 Å². The zero-order valence-electron chi connectivity index (χ0n) is 8.80. The highest BCUT2D eigenvalue weighted by atomic mass is 15.2. The molecule has 0 aliphatic heterocycles. The number of rotatable bonds is 4. The Morgan fingerprint density at radius 3 is 2.75 bits per heavy atom. The molecule has 16 heavy (non-hydrogen) atoms. The Balaban J connectivity index is 2.10. The Bertz CT molecular complexity index is 494. The third-order valence-electron chi connectivity index (χ3n) is 2.04. The highest BCUT2D eigenvalue weighted by Crippen LogP contribution is 2.08. The third kappa shape index (κ3) is 2.52. The Morgan fingerprint density at radius 1 is 1.12 bits per heavy atom. The molecule has 0 aliphatic carbocycles. The molecule has 1 aromatic heterocycles. The van der Waals surface area contributed by atoms with Gasteiger partial charge < -0.3 is 11.1 Å². The molecular formula is C11H13N5. The van der Waals surface area contributed by atoms with Crippen LogP contribution in [0.2, 0.25) is 0 Å². The lowest BCUT2D eigenvalue weighted by Gasteiger charge is -2.01. The number of fused-ring (bicyclic) bond motifs is 1. The molecule has 0 radical (unpaired) electrons. The van der Waals surface area contributed by atoms with E-state index in [-0.39, 0.29) is 0 Å². The first-order chi connectivity index (χ1) is 7.90. The number of nitrogens with zero attached hydrogens (tertiary/aromatic N) is 3. The van der Waals surface area contributed by atoms with Gasteiger partial charge in [-0.2, -0.15) is 0 Å². The number of benzene rings is 1. The van der Waals surface area contributed by atoms with Crippen molar-refractivity contribution < 1.29 is 0 Å². The molecule has 0 atom stereocenters. The molecule has 0 amide bonds. The maximum Gasteiger partial charge on any atom is 0.243 e. The quantitative estimate of drug-likeness (QED) is 0.742. The summed E-state index contributed by atoms with van der Waals surface area (Å²) in [6, 6.07) is 7.63. The lowest BCUT2D eigenvalue weighted by molar-refractivity contribution is 1.01. The van der Waals surface area contributed by atoms with Crippen molar-refractivity contribution in [3.8, 4) is 0 Å². The van der Waals surface area contributed by atoms with Gasteiger partial charge in [-0.1, -0.05) is 24.3 Å². The van der Waals surface area contributed by atoms with E-state index in [2.05, 4.69) is 20.5 Å². The van der Waals surface area contributed by atoms with Crippen LogP contribution >= 0.6 is 0 Å². The molecule has 0 unspecified atom stereocenters. The smallest absolute Gasteiger partial charge is 0.243 e. The predicted molar refractivity (Wildman–Crippen MR) is 64.0 cm³/mol. The Labute approximate surface area is 93.4 Å². The van der Waals surface area contributed by atoms with Crippen LogP contribution in [0.15, 0.2) is 36.4 Å². The molecule has 5 heteroatoms. The van der Waals surface area contributed by atoms with Crippen molar-refractivity contribution in [2.45, 2.75) is 0 Å². The van der Waals surface area contributed by atoms with E-state index >= 15 is 0 Å². The minimum Gasteiger partial charge on any atom is -0.349 e. The first-order valence-electron chi connectivity index (χ1n) is 5.08. The van der Waals surface area contributed by atoms with Gasteiger partial charge in [0.1, 0.15) is 5.52 Å². The fourth-order valence-electron chi connectivity index (χ4n) is 1.29. The van der Waals surface area contributed by atoms with Crippen molar-refractivity contribution in [2.24, 2.45) is 5.73 Å². The first kappa shape index (κ1) is 10.5. The lowest BCUT2D eigenvalue weighted by atomic mass is 10.3. The van der Waals surface area contributed by atoms with Crippen LogP contribution in [-0.4, -0.2) is 28.3 Å². The van der Waals surface area contributed by atoms with Crippen molar-refractivity contribution in [3.05, 3.63) is 36.4 Å². The zero-order chi connectivity index (χ0) is 11.2. The van der Waals surface area contributed by atoms with Crippen LogP contribution in [0.4, 0.5) is 5.95 Å². The Hall–Kier alpha value is -2.01. The summed E-state index contributed by atoms with van der Waals surface area (Å²) in [6.07, 6.45) is 3.81. The van der Waals surface area contributed by atoms with Gasteiger partial charge in [0.25, 0.3) is 0 Å². The predicted octanol–water partition coefficient (Wildman–Crippen LogP) is 0.952. The zero-order valence-corrected chi connectivity index (χ0v) is 8.80. The summed E-state index contributed by atoms with van der Waals surface area (Å²) in [6.45, 7) is 1.19. The van der Waals surface area contributed by atoms with Gasteiger partial charge >= 0.3 is 0 Å². The number of aromatic nitrogens is 3. The summed E-state index contributed by atoms with van der Waals surface area (Å²) in [5, 5.41) is 11.1. The van der Waals surface area contributed by atoms with Gasteiger partial charge in [0, 0.05) is 13.1 Å². The van der Waals surface area contributed by atoms with Crippen molar-refractivity contribution in [2.75, 3.05) is 18.4 Å². The van der Waals surface area contributed by atoms with E-state index < -0.39 is 0 Å². The Kier molecular flexibility index (Phi) is 3.40. The summed E-state index contributed by atoms with van der Waals surface area (Å²) < 4.78 is 0. The largest absolute Gasteiger partial charge is 0.349 e. The highest BCUT2D eigenvalue weighted by molar-refractivity contribution is 5.73. The number of hydrogen-bond acceptors (Lipinski definition) is 5. The third-order valence-corrected chi connectivity index (χ3v) is 2.04. The fourth-order valence-corrected chi connectivity index (χ4v) is 1.29. The molecule has 3 N–H and O–H groups in total. The summed E-state index contributed by atoms with van der Waals surface area (Å²) in [7, 11) is 0. The van der Waals surface area contributed by atoms with Crippen molar-refractivity contribution in [1.82, 2.24) is 15.2 Å². The van der Waals surface area contributed by atoms with E-state index in [9.17, 15) is 0 Å². The van der Waals surface area contributed by atoms with Crippen molar-refractivity contribution in [1.29, 1.82) is 0 Å². The number of nitrogens with one attached hydrogen (secondary N) is 1. The summed E-state index contributed by atoms with van der Waals surface area (Å²) >= 11 is 0. The summed E-state index contributed by atoms with van der Waals surface area (Å²) in [4.78, 5) is 4.32. The SMILES string of the molecule is NC/C=C/CNc1nnc2ccccc2n1. The Morgan fingerprint density at radius 2 is 1.94 bits per heavy atom. The monoisotopic (exact) mass is 215 g/mol. The van der Waals surface area contributed by atoms with E-state index in [1.54, 1.807) is 0 Å². The van der Waals surface area contributed by atoms with Crippen LogP contribution in [0.5, 0.6) is 0 Å². The van der Waals surface area contributed by atoms with E-state index in [0.29, 0.717) is 19.0 Å². The van der Waals surface area contributed by atoms with E-state index in [4.69, 9.17) is 5.73 Å². The lowest BCUT2D eigenvalue weighted by Crippen LogP contribution is -2.05. The molecule has 0 fully saturated rings. The minimum absolute atomic E-state index is 0.528. The van der Waals surface area contributed by atoms with Crippen LogP contribution in [0.25, 0.3) is 11.0 Å². The molecule has 0 bridgehead atoms. The maximum absolute atomic E-state index is 5.32. The molecule has 2 rings (SSSR count). The second-order valence-corrected chi connectivity index (χ2v) is 3.21. The average Bonchev–Trinajstić information content (AvgIpc) is 2.34. The molecule has 0 saturated heterocycles. The highest BCUT2D eigenvalue weighted by Gasteiger charge is 1.98. The van der Waals surface area contributed by atoms with Gasteiger partial charge in [-0.3, -0.25) is 0 Å². The van der Waals surface area contributed by atoms with Crippen molar-refractivity contribution in [3.63, 3.8) is 0 Å². The molecule has 0 saturated carbocycles. The molecule has 0 spiro atoms. The van der Waals surface area contributed by atoms with Gasteiger partial charge in [-0.05, 0) is 12.1 Å². The standard InChI is InChI=1S/C11H13N5/c12-7-3-4-8-13-11-14-9-5-1-2-6-10(9)15-16-11/h1-6H,7-8,12H2,(H,13,14,16)/b4-3+. The van der Waals surface area contributed by atoms with Gasteiger partial charge in [0.05, 0.1) is 5.52 Å².